The van der Waals surface area contributed by atoms with E-state index >= 15 is 0 Å². The summed E-state index contributed by atoms with van der Waals surface area (Å²) in [5.74, 6) is 1.42. The molecule has 0 aliphatic rings. The molecule has 0 aliphatic heterocycles. The number of H-pyrrole nitrogens is 1. The number of benzene rings is 2. The van der Waals surface area contributed by atoms with Crippen molar-refractivity contribution in [2.75, 3.05) is 32.2 Å². The van der Waals surface area contributed by atoms with Crippen LogP contribution in [0.3, 0.4) is 0 Å². The highest BCUT2D eigenvalue weighted by atomic mass is 16.5. The summed E-state index contributed by atoms with van der Waals surface area (Å²) in [6.45, 7) is 1.11. The van der Waals surface area contributed by atoms with E-state index in [-0.39, 0.29) is 0 Å². The fraction of sp³-hybridized carbons (Fsp3) is 0.190. The van der Waals surface area contributed by atoms with E-state index in [9.17, 15) is 0 Å². The van der Waals surface area contributed by atoms with Crippen molar-refractivity contribution >= 4 is 22.4 Å². The van der Waals surface area contributed by atoms with E-state index in [1.54, 1.807) is 32.8 Å². The van der Waals surface area contributed by atoms with Crippen LogP contribution in [0.2, 0.25) is 0 Å². The average Bonchev–Trinajstić information content (AvgIpc) is 3.31. The first kappa shape index (κ1) is 18.7. The van der Waals surface area contributed by atoms with Gasteiger partial charge in [0, 0.05) is 54.4 Å². The lowest BCUT2D eigenvalue weighted by Crippen LogP contribution is -2.24. The number of anilines is 2. The number of aromatic nitrogens is 4. The van der Waals surface area contributed by atoms with Crippen molar-refractivity contribution < 1.29 is 9.47 Å². The zero-order valence-corrected chi connectivity index (χ0v) is 16.3. The standard InChI is InChI=1S/C21H22N6O2/c1-28-17-7-16(8-18(10-17)29-2)27(6-5-22)15-3-4-19-20(9-15)26-21(13-23-19)14-11-24-25-12-14/h3-4,7-13H,5-6,22H2,1-2H3,(H,24,25). The summed E-state index contributed by atoms with van der Waals surface area (Å²) >= 11 is 0. The van der Waals surface area contributed by atoms with Crippen LogP contribution in [0.5, 0.6) is 11.5 Å². The first-order valence-electron chi connectivity index (χ1n) is 9.18. The summed E-state index contributed by atoms with van der Waals surface area (Å²) in [7, 11) is 3.27. The number of hydrogen-bond acceptors (Lipinski definition) is 7. The lowest BCUT2D eigenvalue weighted by atomic mass is 10.2. The summed E-state index contributed by atoms with van der Waals surface area (Å²) in [4.78, 5) is 11.4. The number of fused-ring (bicyclic) bond motifs is 1. The summed E-state index contributed by atoms with van der Waals surface area (Å²) in [5.41, 5.74) is 11.0. The molecule has 0 spiro atoms. The molecule has 3 N–H and O–H groups in total. The molecule has 29 heavy (non-hydrogen) atoms. The van der Waals surface area contributed by atoms with Gasteiger partial charge in [-0.3, -0.25) is 10.1 Å². The highest BCUT2D eigenvalue weighted by Gasteiger charge is 2.14. The first-order valence-corrected chi connectivity index (χ1v) is 9.18. The monoisotopic (exact) mass is 390 g/mol. The van der Waals surface area contributed by atoms with Gasteiger partial charge >= 0.3 is 0 Å². The van der Waals surface area contributed by atoms with Crippen LogP contribution in [0.4, 0.5) is 11.4 Å². The van der Waals surface area contributed by atoms with Crippen LogP contribution in [0.25, 0.3) is 22.3 Å². The van der Waals surface area contributed by atoms with E-state index in [4.69, 9.17) is 20.2 Å². The summed E-state index contributed by atoms with van der Waals surface area (Å²) < 4.78 is 10.8. The third kappa shape index (κ3) is 3.83. The van der Waals surface area contributed by atoms with E-state index in [0.29, 0.717) is 24.6 Å². The molecule has 8 heteroatoms. The number of nitrogens with zero attached hydrogens (tertiary/aromatic N) is 4. The molecule has 0 saturated carbocycles. The molecule has 2 heterocycles. The van der Waals surface area contributed by atoms with Gasteiger partial charge in [-0.05, 0) is 18.2 Å². The zero-order chi connectivity index (χ0) is 20.2. The predicted octanol–water partition coefficient (Wildman–Crippen LogP) is 3.13. The van der Waals surface area contributed by atoms with Gasteiger partial charge in [0.15, 0.2) is 0 Å². The van der Waals surface area contributed by atoms with Crippen molar-refractivity contribution in [2.24, 2.45) is 5.73 Å². The Balaban J connectivity index is 1.79. The van der Waals surface area contributed by atoms with Gasteiger partial charge < -0.3 is 20.1 Å². The average molecular weight is 390 g/mol. The number of methoxy groups -OCH3 is 2. The molecule has 0 fully saturated rings. The molecule has 2 aromatic carbocycles. The number of aromatic amines is 1. The Hall–Kier alpha value is -3.65. The minimum absolute atomic E-state index is 0.484. The van der Waals surface area contributed by atoms with Gasteiger partial charge in [0.2, 0.25) is 0 Å². The van der Waals surface area contributed by atoms with E-state index in [1.807, 2.05) is 36.4 Å². The van der Waals surface area contributed by atoms with Crippen LogP contribution in [0.1, 0.15) is 0 Å². The number of rotatable bonds is 7. The molecule has 0 amide bonds. The van der Waals surface area contributed by atoms with Gasteiger partial charge in [-0.1, -0.05) is 0 Å². The van der Waals surface area contributed by atoms with Crippen molar-refractivity contribution in [3.05, 3.63) is 55.0 Å². The molecular weight excluding hydrogens is 368 g/mol. The number of nitrogens with one attached hydrogen (secondary N) is 1. The minimum Gasteiger partial charge on any atom is -0.497 e. The number of nitrogens with two attached hydrogens (primary N) is 1. The predicted molar refractivity (Wildman–Crippen MR) is 113 cm³/mol. The SMILES string of the molecule is COc1cc(OC)cc(N(CCN)c2ccc3ncc(-c4cn[nH]c4)nc3c2)c1. The van der Waals surface area contributed by atoms with Crippen molar-refractivity contribution in [1.82, 2.24) is 20.2 Å². The van der Waals surface area contributed by atoms with Gasteiger partial charge in [0.25, 0.3) is 0 Å². The topological polar surface area (TPSA) is 102 Å². The third-order valence-electron chi connectivity index (χ3n) is 4.63. The molecule has 4 rings (SSSR count). The Kier molecular flexibility index (Phi) is 5.26. The Labute approximate surface area is 168 Å². The van der Waals surface area contributed by atoms with E-state index in [2.05, 4.69) is 20.1 Å². The summed E-state index contributed by atoms with van der Waals surface area (Å²) in [6, 6.07) is 11.7. The first-order chi connectivity index (χ1) is 14.2. The van der Waals surface area contributed by atoms with Crippen LogP contribution in [0, 0.1) is 0 Å². The normalized spacial score (nSPS) is 10.9. The number of hydrogen-bond donors (Lipinski definition) is 2. The van der Waals surface area contributed by atoms with Gasteiger partial charge in [0.05, 0.1) is 43.3 Å². The quantitative estimate of drug-likeness (QED) is 0.500. The molecule has 0 radical (unpaired) electrons. The van der Waals surface area contributed by atoms with Crippen molar-refractivity contribution in [3.8, 4) is 22.8 Å². The highest BCUT2D eigenvalue weighted by Crippen LogP contribution is 2.33. The molecule has 2 aromatic heterocycles. The molecule has 0 unspecified atom stereocenters. The second-order valence-electron chi connectivity index (χ2n) is 6.43. The lowest BCUT2D eigenvalue weighted by Gasteiger charge is -2.25. The Morgan fingerprint density at radius 1 is 0.966 bits per heavy atom. The van der Waals surface area contributed by atoms with Crippen LogP contribution >= 0.6 is 0 Å². The van der Waals surface area contributed by atoms with E-state index in [1.165, 1.54) is 0 Å². The molecular formula is C21H22N6O2. The molecule has 0 saturated heterocycles. The maximum atomic E-state index is 5.90. The molecule has 0 bridgehead atoms. The Morgan fingerprint density at radius 3 is 2.41 bits per heavy atom. The van der Waals surface area contributed by atoms with E-state index < -0.39 is 0 Å². The van der Waals surface area contributed by atoms with Gasteiger partial charge in [-0.15, -0.1) is 0 Å². The maximum Gasteiger partial charge on any atom is 0.124 e. The molecule has 148 valence electrons. The van der Waals surface area contributed by atoms with Crippen molar-refractivity contribution in [1.29, 1.82) is 0 Å². The highest BCUT2D eigenvalue weighted by molar-refractivity contribution is 5.82. The minimum atomic E-state index is 0.484. The van der Waals surface area contributed by atoms with Crippen LogP contribution < -0.4 is 20.1 Å². The molecule has 0 aliphatic carbocycles. The second-order valence-corrected chi connectivity index (χ2v) is 6.43. The lowest BCUT2D eigenvalue weighted by molar-refractivity contribution is 0.394. The molecule has 8 nitrogen and oxygen atoms in total. The molecule has 0 atom stereocenters. The largest absolute Gasteiger partial charge is 0.497 e. The second kappa shape index (κ2) is 8.15. The van der Waals surface area contributed by atoms with Gasteiger partial charge in [0.1, 0.15) is 11.5 Å². The van der Waals surface area contributed by atoms with Crippen LogP contribution in [-0.4, -0.2) is 47.5 Å². The fourth-order valence-corrected chi connectivity index (χ4v) is 3.18. The van der Waals surface area contributed by atoms with Crippen LogP contribution in [0.15, 0.2) is 55.0 Å². The zero-order valence-electron chi connectivity index (χ0n) is 16.3. The van der Waals surface area contributed by atoms with Crippen LogP contribution in [-0.2, 0) is 0 Å². The molecule has 4 aromatic rings. The maximum absolute atomic E-state index is 5.90. The Morgan fingerprint density at radius 2 is 1.76 bits per heavy atom. The third-order valence-corrected chi connectivity index (χ3v) is 4.63. The van der Waals surface area contributed by atoms with Gasteiger partial charge in [-0.2, -0.15) is 5.10 Å². The fourth-order valence-electron chi connectivity index (χ4n) is 3.18. The summed E-state index contributed by atoms with van der Waals surface area (Å²) in [5, 5.41) is 6.78. The van der Waals surface area contributed by atoms with E-state index in [0.717, 1.165) is 33.7 Å². The number of ether oxygens (including phenoxy) is 2. The van der Waals surface area contributed by atoms with Crippen molar-refractivity contribution in [3.63, 3.8) is 0 Å². The summed E-state index contributed by atoms with van der Waals surface area (Å²) in [6.07, 6.45) is 5.27. The van der Waals surface area contributed by atoms with Crippen molar-refractivity contribution in [2.45, 2.75) is 0 Å². The van der Waals surface area contributed by atoms with Gasteiger partial charge in [-0.25, -0.2) is 4.98 Å². The Bertz CT molecular complexity index is 1090. The smallest absolute Gasteiger partial charge is 0.124 e.